The molecule has 1 saturated carbocycles. The van der Waals surface area contributed by atoms with Crippen LogP contribution in [0.1, 0.15) is 48.3 Å². The third-order valence-corrected chi connectivity index (χ3v) is 3.18. The highest BCUT2D eigenvalue weighted by Gasteiger charge is 2.18. The van der Waals surface area contributed by atoms with Gasteiger partial charge in [0.2, 0.25) is 0 Å². The van der Waals surface area contributed by atoms with Crippen molar-refractivity contribution in [3.63, 3.8) is 0 Å². The minimum atomic E-state index is 0.00926. The largest absolute Gasteiger partial charge is 0.348 e. The van der Waals surface area contributed by atoms with Crippen LogP contribution in [-0.2, 0) is 7.05 Å². The molecule has 0 atom stereocenters. The minimum Gasteiger partial charge on any atom is -0.348 e. The molecule has 0 aromatic carbocycles. The van der Waals surface area contributed by atoms with Crippen LogP contribution >= 0.6 is 0 Å². The van der Waals surface area contributed by atoms with Crippen LogP contribution in [0.3, 0.4) is 0 Å². The van der Waals surface area contributed by atoms with E-state index in [9.17, 15) is 4.79 Å². The zero-order chi connectivity index (χ0) is 11.5. The fourth-order valence-corrected chi connectivity index (χ4v) is 2.33. The number of nitrogens with zero attached hydrogens (tertiary/aromatic N) is 2. The maximum absolute atomic E-state index is 12.0. The lowest BCUT2D eigenvalue weighted by Gasteiger charge is -2.22. The molecule has 1 N–H and O–H groups in total. The molecule has 16 heavy (non-hydrogen) atoms. The highest BCUT2D eigenvalue weighted by atomic mass is 16.2. The summed E-state index contributed by atoms with van der Waals surface area (Å²) in [5.41, 5.74) is 1.54. The number of rotatable bonds is 2. The first-order valence-electron chi connectivity index (χ1n) is 5.98. The Bertz CT molecular complexity index is 378. The van der Waals surface area contributed by atoms with Gasteiger partial charge in [-0.25, -0.2) is 0 Å². The Morgan fingerprint density at radius 2 is 2.12 bits per heavy atom. The van der Waals surface area contributed by atoms with Crippen LogP contribution in [-0.4, -0.2) is 21.7 Å². The van der Waals surface area contributed by atoms with Gasteiger partial charge < -0.3 is 5.32 Å². The van der Waals surface area contributed by atoms with Crippen molar-refractivity contribution in [3.8, 4) is 0 Å². The maximum Gasteiger partial charge on any atom is 0.269 e. The summed E-state index contributed by atoms with van der Waals surface area (Å²) in [5.74, 6) is 0.00926. The number of aromatic nitrogens is 2. The molecule has 0 spiro atoms. The van der Waals surface area contributed by atoms with Crippen molar-refractivity contribution in [2.45, 2.75) is 45.1 Å². The second kappa shape index (κ2) is 4.68. The maximum atomic E-state index is 12.0. The van der Waals surface area contributed by atoms with Crippen LogP contribution in [0, 0.1) is 6.92 Å². The number of hydrogen-bond donors (Lipinski definition) is 1. The third kappa shape index (κ3) is 2.43. The quantitative estimate of drug-likeness (QED) is 0.827. The Hall–Kier alpha value is -1.32. The van der Waals surface area contributed by atoms with Gasteiger partial charge in [-0.2, -0.15) is 5.10 Å². The smallest absolute Gasteiger partial charge is 0.269 e. The van der Waals surface area contributed by atoms with Crippen LogP contribution in [0.5, 0.6) is 0 Å². The summed E-state index contributed by atoms with van der Waals surface area (Å²) in [6.07, 6.45) is 5.99. The molecule has 4 heteroatoms. The summed E-state index contributed by atoms with van der Waals surface area (Å²) in [4.78, 5) is 12.0. The summed E-state index contributed by atoms with van der Waals surface area (Å²) < 4.78 is 1.65. The molecule has 1 aliphatic rings. The number of hydrogen-bond acceptors (Lipinski definition) is 2. The fourth-order valence-electron chi connectivity index (χ4n) is 2.33. The van der Waals surface area contributed by atoms with E-state index in [0.717, 1.165) is 18.5 Å². The number of carbonyl (C=O) groups is 1. The van der Waals surface area contributed by atoms with Crippen molar-refractivity contribution >= 4 is 5.91 Å². The predicted molar refractivity (Wildman–Crippen MR) is 62.3 cm³/mol. The van der Waals surface area contributed by atoms with Gasteiger partial charge in [0.25, 0.3) is 5.91 Å². The molecule has 1 aromatic heterocycles. The standard InChI is InChI=1S/C12H19N3O/c1-9-8-11(15(2)14-9)12(16)13-10-6-4-3-5-7-10/h8,10H,3-7H2,1-2H3,(H,13,16). The van der Waals surface area contributed by atoms with Gasteiger partial charge in [-0.3, -0.25) is 9.48 Å². The molecular formula is C12H19N3O. The first-order valence-corrected chi connectivity index (χ1v) is 5.98. The second-order valence-corrected chi connectivity index (χ2v) is 4.60. The first kappa shape index (κ1) is 11.2. The lowest BCUT2D eigenvalue weighted by molar-refractivity contribution is 0.0918. The highest BCUT2D eigenvalue weighted by Crippen LogP contribution is 2.17. The SMILES string of the molecule is Cc1cc(C(=O)NC2CCCCC2)n(C)n1. The Morgan fingerprint density at radius 3 is 2.69 bits per heavy atom. The van der Waals surface area contributed by atoms with Crippen LogP contribution < -0.4 is 5.32 Å². The molecule has 0 unspecified atom stereocenters. The molecule has 0 aliphatic heterocycles. The summed E-state index contributed by atoms with van der Waals surface area (Å²) in [6.45, 7) is 1.90. The van der Waals surface area contributed by atoms with Gasteiger partial charge in [0.15, 0.2) is 0 Å². The zero-order valence-electron chi connectivity index (χ0n) is 9.99. The summed E-state index contributed by atoms with van der Waals surface area (Å²) in [6, 6.07) is 2.19. The van der Waals surface area contributed by atoms with E-state index in [1.165, 1.54) is 19.3 Å². The van der Waals surface area contributed by atoms with Crippen molar-refractivity contribution in [2.24, 2.45) is 7.05 Å². The predicted octanol–water partition coefficient (Wildman–Crippen LogP) is 1.79. The molecule has 1 aromatic rings. The Labute approximate surface area is 96.0 Å². The lowest BCUT2D eigenvalue weighted by Crippen LogP contribution is -2.37. The normalized spacial score (nSPS) is 17.4. The van der Waals surface area contributed by atoms with E-state index in [2.05, 4.69) is 10.4 Å². The van der Waals surface area contributed by atoms with Crippen LogP contribution in [0.15, 0.2) is 6.07 Å². The molecule has 88 valence electrons. The molecular weight excluding hydrogens is 202 g/mol. The van der Waals surface area contributed by atoms with Crippen molar-refractivity contribution in [3.05, 3.63) is 17.5 Å². The average Bonchev–Trinajstić information content (AvgIpc) is 2.59. The molecule has 0 saturated heterocycles. The average molecular weight is 221 g/mol. The fraction of sp³-hybridized carbons (Fsp3) is 0.667. The molecule has 4 nitrogen and oxygen atoms in total. The van der Waals surface area contributed by atoms with E-state index in [1.54, 1.807) is 4.68 Å². The monoisotopic (exact) mass is 221 g/mol. The van der Waals surface area contributed by atoms with Crippen molar-refractivity contribution in [1.82, 2.24) is 15.1 Å². The topological polar surface area (TPSA) is 46.9 Å². The molecule has 2 rings (SSSR count). The third-order valence-electron chi connectivity index (χ3n) is 3.18. The van der Waals surface area contributed by atoms with E-state index in [1.807, 2.05) is 20.0 Å². The first-order chi connectivity index (χ1) is 7.66. The van der Waals surface area contributed by atoms with Crippen LogP contribution in [0.25, 0.3) is 0 Å². The molecule has 1 aliphatic carbocycles. The van der Waals surface area contributed by atoms with E-state index < -0.39 is 0 Å². The highest BCUT2D eigenvalue weighted by molar-refractivity contribution is 5.92. The van der Waals surface area contributed by atoms with E-state index in [-0.39, 0.29) is 5.91 Å². The van der Waals surface area contributed by atoms with Gasteiger partial charge in [0.1, 0.15) is 5.69 Å². The lowest BCUT2D eigenvalue weighted by atomic mass is 9.95. The molecule has 0 radical (unpaired) electrons. The zero-order valence-corrected chi connectivity index (χ0v) is 9.99. The summed E-state index contributed by atoms with van der Waals surface area (Å²) in [7, 11) is 1.81. The number of nitrogens with one attached hydrogen (secondary N) is 1. The minimum absolute atomic E-state index is 0.00926. The van der Waals surface area contributed by atoms with E-state index in [0.29, 0.717) is 11.7 Å². The van der Waals surface area contributed by atoms with Crippen molar-refractivity contribution in [2.75, 3.05) is 0 Å². The molecule has 1 amide bonds. The van der Waals surface area contributed by atoms with E-state index >= 15 is 0 Å². The Morgan fingerprint density at radius 1 is 1.44 bits per heavy atom. The van der Waals surface area contributed by atoms with Gasteiger partial charge in [-0.15, -0.1) is 0 Å². The molecule has 1 fully saturated rings. The molecule has 0 bridgehead atoms. The van der Waals surface area contributed by atoms with Crippen LogP contribution in [0.2, 0.25) is 0 Å². The summed E-state index contributed by atoms with van der Waals surface area (Å²) >= 11 is 0. The number of amides is 1. The van der Waals surface area contributed by atoms with Gasteiger partial charge in [0.05, 0.1) is 5.69 Å². The van der Waals surface area contributed by atoms with E-state index in [4.69, 9.17) is 0 Å². The van der Waals surface area contributed by atoms with Gasteiger partial charge in [-0.05, 0) is 25.8 Å². The molecule has 1 heterocycles. The van der Waals surface area contributed by atoms with Crippen LogP contribution in [0.4, 0.5) is 0 Å². The van der Waals surface area contributed by atoms with Gasteiger partial charge in [-0.1, -0.05) is 19.3 Å². The number of carbonyl (C=O) groups excluding carboxylic acids is 1. The van der Waals surface area contributed by atoms with Crippen molar-refractivity contribution < 1.29 is 4.79 Å². The Kier molecular flexibility index (Phi) is 3.27. The second-order valence-electron chi connectivity index (χ2n) is 4.60. The summed E-state index contributed by atoms with van der Waals surface area (Å²) in [5, 5.41) is 7.27. The van der Waals surface area contributed by atoms with Crippen molar-refractivity contribution in [1.29, 1.82) is 0 Å². The number of aryl methyl sites for hydroxylation is 2. The van der Waals surface area contributed by atoms with Gasteiger partial charge >= 0.3 is 0 Å². The van der Waals surface area contributed by atoms with Gasteiger partial charge in [0, 0.05) is 13.1 Å². The Balaban J connectivity index is 1.99.